The second-order valence-electron chi connectivity index (χ2n) is 7.68. The topological polar surface area (TPSA) is 75.7 Å². The van der Waals surface area contributed by atoms with Gasteiger partial charge >= 0.3 is 0 Å². The van der Waals surface area contributed by atoms with Crippen LogP contribution in [0.4, 0.5) is 11.4 Å². The van der Waals surface area contributed by atoms with Gasteiger partial charge in [0.05, 0.1) is 24.1 Å². The first-order valence-electron chi connectivity index (χ1n) is 10.2. The van der Waals surface area contributed by atoms with E-state index in [0.29, 0.717) is 36.4 Å². The van der Waals surface area contributed by atoms with E-state index in [1.165, 1.54) is 4.90 Å². The molecule has 4 rings (SSSR count). The van der Waals surface area contributed by atoms with E-state index >= 15 is 0 Å². The van der Waals surface area contributed by atoms with Gasteiger partial charge in [0.1, 0.15) is 5.75 Å². The van der Waals surface area contributed by atoms with E-state index < -0.39 is 0 Å². The Balaban J connectivity index is 1.52. The Morgan fingerprint density at radius 2 is 1.83 bits per heavy atom. The van der Waals surface area contributed by atoms with Crippen LogP contribution in [0.15, 0.2) is 60.2 Å². The van der Waals surface area contributed by atoms with Crippen molar-refractivity contribution < 1.29 is 19.1 Å². The zero-order valence-electron chi connectivity index (χ0n) is 17.1. The predicted octanol–water partition coefficient (Wildman–Crippen LogP) is 4.18. The highest BCUT2D eigenvalue weighted by Gasteiger charge is 2.48. The molecule has 1 saturated heterocycles. The number of amides is 3. The minimum absolute atomic E-state index is 0.179. The fourth-order valence-electron chi connectivity index (χ4n) is 4.08. The Morgan fingerprint density at radius 1 is 1.10 bits per heavy atom. The highest BCUT2D eigenvalue weighted by atomic mass is 16.5. The summed E-state index contributed by atoms with van der Waals surface area (Å²) in [4.78, 5) is 39.8. The Bertz CT molecular complexity index is 1030. The molecule has 6 heteroatoms. The molecule has 1 N–H and O–H groups in total. The fourth-order valence-corrected chi connectivity index (χ4v) is 4.08. The summed E-state index contributed by atoms with van der Waals surface area (Å²) in [6.45, 7) is 4.47. The molecule has 1 aliphatic carbocycles. The number of rotatable bonds is 5. The van der Waals surface area contributed by atoms with E-state index in [9.17, 15) is 14.4 Å². The highest BCUT2D eigenvalue weighted by Crippen LogP contribution is 2.39. The Labute approximate surface area is 175 Å². The van der Waals surface area contributed by atoms with Gasteiger partial charge in [-0.25, -0.2) is 0 Å². The number of ether oxygens (including phenoxy) is 1. The molecule has 2 aliphatic rings. The van der Waals surface area contributed by atoms with Crippen LogP contribution in [0.3, 0.4) is 0 Å². The molecule has 0 saturated carbocycles. The number of carbonyl (C=O) groups is 3. The molecular weight excluding hydrogens is 380 g/mol. The van der Waals surface area contributed by atoms with E-state index in [1.54, 1.807) is 48.5 Å². The van der Waals surface area contributed by atoms with E-state index in [0.717, 1.165) is 11.3 Å². The number of hydrogen-bond donors (Lipinski definition) is 1. The van der Waals surface area contributed by atoms with Crippen LogP contribution in [0.25, 0.3) is 0 Å². The van der Waals surface area contributed by atoms with E-state index in [1.807, 2.05) is 19.9 Å². The van der Waals surface area contributed by atoms with E-state index in [-0.39, 0.29) is 29.6 Å². The summed E-state index contributed by atoms with van der Waals surface area (Å²) in [7, 11) is 0. The summed E-state index contributed by atoms with van der Waals surface area (Å²) in [5.41, 5.74) is 2.60. The zero-order chi connectivity index (χ0) is 21.3. The Kier molecular flexibility index (Phi) is 5.40. The van der Waals surface area contributed by atoms with Crippen molar-refractivity contribution in [3.05, 3.63) is 65.7 Å². The van der Waals surface area contributed by atoms with Gasteiger partial charge in [-0.2, -0.15) is 0 Å². The summed E-state index contributed by atoms with van der Waals surface area (Å²) in [6.07, 6.45) is 3.25. The average molecular weight is 404 g/mol. The number of nitrogens with one attached hydrogen (secondary N) is 1. The van der Waals surface area contributed by atoms with Crippen molar-refractivity contribution >= 4 is 29.1 Å². The smallest absolute Gasteiger partial charge is 0.255 e. The van der Waals surface area contributed by atoms with Crippen LogP contribution in [0, 0.1) is 11.8 Å². The van der Waals surface area contributed by atoms with Crippen molar-refractivity contribution in [3.63, 3.8) is 0 Å². The van der Waals surface area contributed by atoms with Crippen molar-refractivity contribution in [2.75, 3.05) is 16.8 Å². The monoisotopic (exact) mass is 404 g/mol. The summed E-state index contributed by atoms with van der Waals surface area (Å²) in [6, 6.07) is 13.7. The maximum absolute atomic E-state index is 12.9. The van der Waals surface area contributed by atoms with Crippen LogP contribution in [0.5, 0.6) is 5.75 Å². The van der Waals surface area contributed by atoms with Crippen LogP contribution in [-0.2, 0) is 9.59 Å². The molecule has 0 bridgehead atoms. The highest BCUT2D eigenvalue weighted by molar-refractivity contribution is 6.22. The summed E-state index contributed by atoms with van der Waals surface area (Å²) < 4.78 is 5.40. The lowest BCUT2D eigenvalue weighted by atomic mass is 9.82. The second-order valence-corrected chi connectivity index (χ2v) is 7.68. The standard InChI is InChI=1S/C24H24N2O4/c1-3-30-19-10-8-17(9-11-19)25-22(27)16-5-4-6-18(14-16)26-23(28)20-12-7-15(2)13-21(20)24(26)29/h4-11,14,20-21H,3,12-13H2,1-2H3,(H,25,27)/t20-,21-/m0/s1. The third-order valence-corrected chi connectivity index (χ3v) is 5.61. The molecule has 1 fully saturated rings. The van der Waals surface area contributed by atoms with E-state index in [2.05, 4.69) is 5.32 Å². The van der Waals surface area contributed by atoms with Crippen LogP contribution in [-0.4, -0.2) is 24.3 Å². The lowest BCUT2D eigenvalue weighted by Crippen LogP contribution is -2.31. The second kappa shape index (κ2) is 8.14. The van der Waals surface area contributed by atoms with Crippen molar-refractivity contribution in [1.29, 1.82) is 0 Å². The third kappa shape index (κ3) is 3.73. The molecule has 154 valence electrons. The number of benzene rings is 2. The van der Waals surface area contributed by atoms with Gasteiger partial charge < -0.3 is 10.1 Å². The van der Waals surface area contributed by atoms with Gasteiger partial charge in [0, 0.05) is 11.3 Å². The molecule has 0 radical (unpaired) electrons. The van der Waals surface area contributed by atoms with Gasteiger partial charge in [-0.15, -0.1) is 0 Å². The quantitative estimate of drug-likeness (QED) is 0.599. The maximum atomic E-state index is 12.9. The van der Waals surface area contributed by atoms with Crippen molar-refractivity contribution in [2.45, 2.75) is 26.7 Å². The minimum atomic E-state index is -0.310. The summed E-state index contributed by atoms with van der Waals surface area (Å²) in [5.74, 6) is -0.546. The SMILES string of the molecule is CCOc1ccc(NC(=O)c2cccc(N3C(=O)[C@H]4CC=C(C)C[C@@H]4C3=O)c2)cc1. The van der Waals surface area contributed by atoms with Crippen molar-refractivity contribution in [2.24, 2.45) is 11.8 Å². The van der Waals surface area contributed by atoms with Crippen LogP contribution >= 0.6 is 0 Å². The van der Waals surface area contributed by atoms with Crippen molar-refractivity contribution in [1.82, 2.24) is 0 Å². The molecule has 2 atom stereocenters. The molecule has 1 heterocycles. The van der Waals surface area contributed by atoms with Crippen molar-refractivity contribution in [3.8, 4) is 5.75 Å². The lowest BCUT2D eigenvalue weighted by Gasteiger charge is -2.18. The average Bonchev–Trinajstić information content (AvgIpc) is 2.99. The number of imide groups is 1. The number of anilines is 2. The molecule has 3 amide bonds. The fraction of sp³-hybridized carbons (Fsp3) is 0.292. The van der Waals surface area contributed by atoms with E-state index in [4.69, 9.17) is 4.74 Å². The number of nitrogens with zero attached hydrogens (tertiary/aromatic N) is 1. The molecule has 6 nitrogen and oxygen atoms in total. The maximum Gasteiger partial charge on any atom is 0.255 e. The predicted molar refractivity (Wildman–Crippen MR) is 114 cm³/mol. The Morgan fingerprint density at radius 3 is 2.57 bits per heavy atom. The summed E-state index contributed by atoms with van der Waals surface area (Å²) >= 11 is 0. The first-order chi connectivity index (χ1) is 14.5. The number of fused-ring (bicyclic) bond motifs is 1. The molecule has 2 aromatic rings. The van der Waals surface area contributed by atoms with Crippen LogP contribution in [0.1, 0.15) is 37.0 Å². The third-order valence-electron chi connectivity index (χ3n) is 5.61. The number of carbonyl (C=O) groups excluding carboxylic acids is 3. The Hall–Kier alpha value is -3.41. The van der Waals surface area contributed by atoms with Crippen LogP contribution < -0.4 is 15.0 Å². The molecule has 2 aromatic carbocycles. The summed E-state index contributed by atoms with van der Waals surface area (Å²) in [5, 5.41) is 2.83. The largest absolute Gasteiger partial charge is 0.494 e. The number of hydrogen-bond acceptors (Lipinski definition) is 4. The van der Waals surface area contributed by atoms with Crippen LogP contribution in [0.2, 0.25) is 0 Å². The van der Waals surface area contributed by atoms with Gasteiger partial charge in [-0.05, 0) is 69.2 Å². The molecule has 1 aliphatic heterocycles. The molecular formula is C24H24N2O4. The molecule has 30 heavy (non-hydrogen) atoms. The minimum Gasteiger partial charge on any atom is -0.494 e. The first kappa shape index (κ1) is 19.9. The van der Waals surface area contributed by atoms with Gasteiger partial charge in [0.2, 0.25) is 11.8 Å². The molecule has 0 aromatic heterocycles. The lowest BCUT2D eigenvalue weighted by molar-refractivity contribution is -0.122. The molecule has 0 spiro atoms. The van der Waals surface area contributed by atoms with Gasteiger partial charge in [0.25, 0.3) is 5.91 Å². The van der Waals surface area contributed by atoms with Gasteiger partial charge in [0.15, 0.2) is 0 Å². The van der Waals surface area contributed by atoms with Gasteiger partial charge in [-0.1, -0.05) is 17.7 Å². The molecule has 0 unspecified atom stereocenters. The number of allylic oxidation sites excluding steroid dienone is 2. The first-order valence-corrected chi connectivity index (χ1v) is 10.2. The van der Waals surface area contributed by atoms with Gasteiger partial charge in [-0.3, -0.25) is 19.3 Å². The zero-order valence-corrected chi connectivity index (χ0v) is 17.1. The normalized spacial score (nSPS) is 20.6.